The fraction of sp³-hybridized carbons (Fsp3) is 0.294. The minimum Gasteiger partial charge on any atom is -0.337 e. The molecule has 0 bridgehead atoms. The molecule has 1 unspecified atom stereocenters. The smallest absolute Gasteiger partial charge is 0.256 e. The van der Waals surface area contributed by atoms with Crippen LogP contribution in [0.4, 0.5) is 0 Å². The molecular formula is C17H17ClN2O3S2. The second-order valence-electron chi connectivity index (χ2n) is 5.72. The Hall–Kier alpha value is -1.57. The topological polar surface area (TPSA) is 67.3 Å². The van der Waals surface area contributed by atoms with Gasteiger partial charge < -0.3 is 4.90 Å². The van der Waals surface area contributed by atoms with E-state index < -0.39 is 15.1 Å². The average Bonchev–Trinajstić information content (AvgIpc) is 3.12. The number of hydrogen-bond donors (Lipinski definition) is 0. The van der Waals surface area contributed by atoms with E-state index in [4.69, 9.17) is 11.6 Å². The molecular weight excluding hydrogens is 380 g/mol. The Morgan fingerprint density at radius 2 is 2.00 bits per heavy atom. The second kappa shape index (κ2) is 7.35. The first kappa shape index (κ1) is 18.2. The molecule has 2 heterocycles. The molecule has 3 rings (SSSR count). The van der Waals surface area contributed by atoms with Gasteiger partial charge in [-0.05, 0) is 49.1 Å². The van der Waals surface area contributed by atoms with Gasteiger partial charge >= 0.3 is 0 Å². The van der Waals surface area contributed by atoms with Crippen molar-refractivity contribution < 1.29 is 13.2 Å². The number of amides is 1. The van der Waals surface area contributed by atoms with E-state index in [0.717, 1.165) is 0 Å². The van der Waals surface area contributed by atoms with Crippen LogP contribution in [-0.4, -0.2) is 48.8 Å². The van der Waals surface area contributed by atoms with Gasteiger partial charge in [-0.3, -0.25) is 4.79 Å². The largest absolute Gasteiger partial charge is 0.337 e. The summed E-state index contributed by atoms with van der Waals surface area (Å²) in [6, 6.07) is 9.58. The van der Waals surface area contributed by atoms with Crippen LogP contribution >= 0.6 is 23.4 Å². The molecule has 5 nitrogen and oxygen atoms in total. The number of pyridine rings is 1. The number of hydrogen-bond acceptors (Lipinski definition) is 5. The maximum Gasteiger partial charge on any atom is 0.256 e. The van der Waals surface area contributed by atoms with Crippen LogP contribution in [0.25, 0.3) is 0 Å². The van der Waals surface area contributed by atoms with Gasteiger partial charge in [-0.1, -0.05) is 11.6 Å². The van der Waals surface area contributed by atoms with E-state index in [0.29, 0.717) is 28.6 Å². The second-order valence-corrected chi connectivity index (χ2v) is 9.18. The summed E-state index contributed by atoms with van der Waals surface area (Å²) in [5, 5.41) is 0.534. The van der Waals surface area contributed by atoms with Crippen LogP contribution < -0.4 is 0 Å². The van der Waals surface area contributed by atoms with Crippen molar-refractivity contribution in [2.24, 2.45) is 0 Å². The van der Waals surface area contributed by atoms with E-state index >= 15 is 0 Å². The lowest BCUT2D eigenvalue weighted by molar-refractivity contribution is 0.0789. The highest BCUT2D eigenvalue weighted by Crippen LogP contribution is 2.27. The average molecular weight is 397 g/mol. The SMILES string of the molecule is CSc1ncccc1C(=O)N1CCC(S(=O)(=O)c2ccc(Cl)cc2)C1. The highest BCUT2D eigenvalue weighted by molar-refractivity contribution is 7.98. The molecule has 1 fully saturated rings. The van der Waals surface area contributed by atoms with E-state index in [1.165, 1.54) is 23.9 Å². The monoisotopic (exact) mass is 396 g/mol. The molecule has 1 saturated heterocycles. The van der Waals surface area contributed by atoms with Crippen LogP contribution in [0.5, 0.6) is 0 Å². The first-order chi connectivity index (χ1) is 11.9. The van der Waals surface area contributed by atoms with Crippen molar-refractivity contribution in [2.45, 2.75) is 21.6 Å². The quantitative estimate of drug-likeness (QED) is 0.742. The van der Waals surface area contributed by atoms with Crippen LogP contribution in [0.1, 0.15) is 16.8 Å². The van der Waals surface area contributed by atoms with Crippen LogP contribution in [0.3, 0.4) is 0 Å². The van der Waals surface area contributed by atoms with Crippen LogP contribution in [0.2, 0.25) is 5.02 Å². The molecule has 1 aliphatic heterocycles. The predicted molar refractivity (Wildman–Crippen MR) is 99.0 cm³/mol. The molecule has 8 heteroatoms. The van der Waals surface area contributed by atoms with E-state index in [9.17, 15) is 13.2 Å². The molecule has 1 atom stereocenters. The fourth-order valence-corrected chi connectivity index (χ4v) is 5.23. The van der Waals surface area contributed by atoms with Gasteiger partial charge in [-0.2, -0.15) is 0 Å². The number of carbonyl (C=O) groups is 1. The van der Waals surface area contributed by atoms with Crippen molar-refractivity contribution >= 4 is 39.1 Å². The number of nitrogens with zero attached hydrogens (tertiary/aromatic N) is 2. The normalized spacial score (nSPS) is 17.7. The van der Waals surface area contributed by atoms with E-state index in [-0.39, 0.29) is 17.3 Å². The van der Waals surface area contributed by atoms with E-state index in [1.807, 2.05) is 6.26 Å². The van der Waals surface area contributed by atoms with Gasteiger partial charge in [0, 0.05) is 24.3 Å². The first-order valence-corrected chi connectivity index (χ1v) is 10.9. The lowest BCUT2D eigenvalue weighted by Gasteiger charge is -2.18. The fourth-order valence-electron chi connectivity index (χ4n) is 2.87. The third-order valence-corrected chi connectivity index (χ3v) is 7.36. The summed E-state index contributed by atoms with van der Waals surface area (Å²) in [4.78, 5) is 18.8. The molecule has 1 amide bonds. The lowest BCUT2D eigenvalue weighted by atomic mass is 10.2. The summed E-state index contributed by atoms with van der Waals surface area (Å²) in [6.45, 7) is 0.603. The number of thioether (sulfide) groups is 1. The minimum absolute atomic E-state index is 0.175. The lowest BCUT2D eigenvalue weighted by Crippen LogP contribution is -2.32. The van der Waals surface area contributed by atoms with Crippen molar-refractivity contribution in [1.82, 2.24) is 9.88 Å². The Morgan fingerprint density at radius 1 is 1.28 bits per heavy atom. The molecule has 1 aromatic heterocycles. The van der Waals surface area contributed by atoms with Gasteiger partial charge in [0.05, 0.1) is 15.7 Å². The molecule has 0 N–H and O–H groups in total. The zero-order valence-electron chi connectivity index (χ0n) is 13.6. The molecule has 132 valence electrons. The van der Waals surface area contributed by atoms with E-state index in [2.05, 4.69) is 4.98 Å². The molecule has 0 radical (unpaired) electrons. The van der Waals surface area contributed by atoms with Gasteiger partial charge in [0.1, 0.15) is 5.03 Å². The zero-order valence-corrected chi connectivity index (χ0v) is 15.9. The number of aromatic nitrogens is 1. The van der Waals surface area contributed by atoms with Crippen molar-refractivity contribution in [1.29, 1.82) is 0 Å². The Bertz CT molecular complexity index is 885. The van der Waals surface area contributed by atoms with Gasteiger partial charge in [0.2, 0.25) is 0 Å². The van der Waals surface area contributed by atoms with Gasteiger partial charge in [0.15, 0.2) is 9.84 Å². The van der Waals surface area contributed by atoms with Gasteiger partial charge in [0.25, 0.3) is 5.91 Å². The molecule has 1 aliphatic rings. The summed E-state index contributed by atoms with van der Waals surface area (Å²) < 4.78 is 25.6. The van der Waals surface area contributed by atoms with Crippen molar-refractivity contribution in [2.75, 3.05) is 19.3 Å². The zero-order chi connectivity index (χ0) is 18.0. The van der Waals surface area contributed by atoms with Crippen molar-refractivity contribution in [3.8, 4) is 0 Å². The molecule has 25 heavy (non-hydrogen) atoms. The number of benzene rings is 1. The molecule has 0 aliphatic carbocycles. The third kappa shape index (κ3) is 3.68. The molecule has 2 aromatic rings. The summed E-state index contributed by atoms with van der Waals surface area (Å²) in [7, 11) is -3.49. The van der Waals surface area contributed by atoms with Crippen LogP contribution in [-0.2, 0) is 9.84 Å². The Kier molecular flexibility index (Phi) is 5.36. The number of likely N-dealkylation sites (tertiary alicyclic amines) is 1. The Balaban J connectivity index is 1.79. The summed E-state index contributed by atoms with van der Waals surface area (Å²) >= 11 is 7.22. The van der Waals surface area contributed by atoms with Crippen molar-refractivity contribution in [3.63, 3.8) is 0 Å². The summed E-state index contributed by atoms with van der Waals surface area (Å²) in [5.41, 5.74) is 0.513. The molecule has 1 aromatic carbocycles. The molecule has 0 saturated carbocycles. The minimum atomic E-state index is -3.49. The maximum atomic E-state index is 12.8. The highest BCUT2D eigenvalue weighted by Gasteiger charge is 2.36. The number of sulfone groups is 1. The number of carbonyl (C=O) groups excluding carboxylic acids is 1. The predicted octanol–water partition coefficient (Wildman–Crippen LogP) is 3.15. The first-order valence-electron chi connectivity index (χ1n) is 7.71. The number of rotatable bonds is 4. The summed E-state index contributed by atoms with van der Waals surface area (Å²) in [5.74, 6) is -0.175. The van der Waals surface area contributed by atoms with Gasteiger partial charge in [-0.25, -0.2) is 13.4 Å². The van der Waals surface area contributed by atoms with E-state index in [1.54, 1.807) is 35.4 Å². The summed E-state index contributed by atoms with van der Waals surface area (Å²) in [6.07, 6.45) is 3.92. The van der Waals surface area contributed by atoms with Gasteiger partial charge in [-0.15, -0.1) is 11.8 Å². The van der Waals surface area contributed by atoms with Crippen LogP contribution in [0.15, 0.2) is 52.5 Å². The third-order valence-electron chi connectivity index (χ3n) is 4.21. The Labute approximate surface area is 156 Å². The van der Waals surface area contributed by atoms with Crippen LogP contribution in [0, 0.1) is 0 Å². The standard InChI is InChI=1S/C17H17ClN2O3S2/c1-24-16-15(3-2-9-19-16)17(21)20-10-8-14(11-20)25(22,23)13-6-4-12(18)5-7-13/h2-7,9,14H,8,10-11H2,1H3. The number of halogens is 1. The Morgan fingerprint density at radius 3 is 2.68 bits per heavy atom. The maximum absolute atomic E-state index is 12.8. The molecule has 0 spiro atoms. The van der Waals surface area contributed by atoms with Crippen molar-refractivity contribution in [3.05, 3.63) is 53.2 Å². The highest BCUT2D eigenvalue weighted by atomic mass is 35.5.